The summed E-state index contributed by atoms with van der Waals surface area (Å²) in [6.07, 6.45) is 10.0. The Morgan fingerprint density at radius 2 is 1.88 bits per heavy atom. The summed E-state index contributed by atoms with van der Waals surface area (Å²) in [6.45, 7) is 5.17. The van der Waals surface area contributed by atoms with E-state index in [-0.39, 0.29) is 6.10 Å². The lowest BCUT2D eigenvalue weighted by molar-refractivity contribution is 0.146. The molecule has 0 amide bonds. The van der Waals surface area contributed by atoms with E-state index in [1.54, 1.807) is 0 Å². The molecule has 2 heteroatoms. The third-order valence-electron chi connectivity index (χ3n) is 3.90. The molecule has 1 saturated carbocycles. The van der Waals surface area contributed by atoms with Crippen molar-refractivity contribution < 1.29 is 5.11 Å². The zero-order chi connectivity index (χ0) is 11.8. The van der Waals surface area contributed by atoms with Crippen molar-refractivity contribution in [1.29, 1.82) is 0 Å². The SMILES string of the molecule is CCCC(O)CNC(CC)C1CCCCC1. The number of aliphatic hydroxyl groups excluding tert-OH is 1. The van der Waals surface area contributed by atoms with Gasteiger partial charge in [0.15, 0.2) is 0 Å². The van der Waals surface area contributed by atoms with E-state index in [1.807, 2.05) is 0 Å². The molecular formula is C14H29NO. The standard InChI is InChI=1S/C14H29NO/c1-3-8-13(16)11-15-14(4-2)12-9-6-5-7-10-12/h12-16H,3-11H2,1-2H3. The van der Waals surface area contributed by atoms with E-state index in [0.29, 0.717) is 6.04 Å². The second-order valence-corrected chi connectivity index (χ2v) is 5.26. The minimum absolute atomic E-state index is 0.150. The molecule has 2 atom stereocenters. The molecule has 16 heavy (non-hydrogen) atoms. The molecule has 1 fully saturated rings. The average Bonchev–Trinajstić information content (AvgIpc) is 2.31. The van der Waals surface area contributed by atoms with Crippen LogP contribution in [0, 0.1) is 5.92 Å². The van der Waals surface area contributed by atoms with E-state index in [0.717, 1.165) is 25.3 Å². The predicted molar refractivity (Wildman–Crippen MR) is 69.6 cm³/mol. The number of nitrogens with one attached hydrogen (secondary N) is 1. The van der Waals surface area contributed by atoms with Gasteiger partial charge in [-0.05, 0) is 31.6 Å². The fourth-order valence-corrected chi connectivity index (χ4v) is 2.90. The van der Waals surface area contributed by atoms with Gasteiger partial charge in [-0.1, -0.05) is 39.5 Å². The van der Waals surface area contributed by atoms with Crippen LogP contribution in [0.2, 0.25) is 0 Å². The maximum absolute atomic E-state index is 9.73. The van der Waals surface area contributed by atoms with E-state index in [1.165, 1.54) is 38.5 Å². The molecule has 0 aliphatic heterocycles. The zero-order valence-corrected chi connectivity index (χ0v) is 11.0. The number of aliphatic hydroxyl groups is 1. The summed E-state index contributed by atoms with van der Waals surface area (Å²) < 4.78 is 0. The minimum Gasteiger partial charge on any atom is -0.392 e. The Balaban J connectivity index is 2.24. The van der Waals surface area contributed by atoms with Gasteiger partial charge in [-0.3, -0.25) is 0 Å². The summed E-state index contributed by atoms with van der Waals surface area (Å²) in [6, 6.07) is 0.631. The highest BCUT2D eigenvalue weighted by atomic mass is 16.3. The van der Waals surface area contributed by atoms with Gasteiger partial charge < -0.3 is 10.4 Å². The van der Waals surface area contributed by atoms with Gasteiger partial charge in [-0.25, -0.2) is 0 Å². The molecular weight excluding hydrogens is 198 g/mol. The number of hydrogen-bond donors (Lipinski definition) is 2. The third-order valence-corrected chi connectivity index (χ3v) is 3.90. The van der Waals surface area contributed by atoms with Gasteiger partial charge in [0.05, 0.1) is 6.10 Å². The normalized spacial score (nSPS) is 21.9. The largest absolute Gasteiger partial charge is 0.392 e. The molecule has 0 aromatic rings. The van der Waals surface area contributed by atoms with Crippen molar-refractivity contribution in [3.8, 4) is 0 Å². The number of hydrogen-bond acceptors (Lipinski definition) is 2. The van der Waals surface area contributed by atoms with Crippen LogP contribution in [0.3, 0.4) is 0 Å². The highest BCUT2D eigenvalue weighted by molar-refractivity contribution is 4.79. The molecule has 1 aliphatic carbocycles. The Bertz CT molecular complexity index is 166. The van der Waals surface area contributed by atoms with E-state index in [9.17, 15) is 5.11 Å². The summed E-state index contributed by atoms with van der Waals surface area (Å²) in [4.78, 5) is 0. The second kappa shape index (κ2) is 8.08. The molecule has 0 saturated heterocycles. The van der Waals surface area contributed by atoms with Gasteiger partial charge in [0.2, 0.25) is 0 Å². The molecule has 0 spiro atoms. The fraction of sp³-hybridized carbons (Fsp3) is 1.00. The molecule has 0 bridgehead atoms. The van der Waals surface area contributed by atoms with Gasteiger partial charge in [-0.2, -0.15) is 0 Å². The van der Waals surface area contributed by atoms with Crippen LogP contribution in [0.1, 0.15) is 65.2 Å². The molecule has 2 N–H and O–H groups in total. The van der Waals surface area contributed by atoms with Crippen LogP contribution in [0.4, 0.5) is 0 Å². The van der Waals surface area contributed by atoms with E-state index >= 15 is 0 Å². The summed E-state index contributed by atoms with van der Waals surface area (Å²) in [5.74, 6) is 0.854. The molecule has 2 unspecified atom stereocenters. The molecule has 0 aromatic heterocycles. The van der Waals surface area contributed by atoms with Gasteiger partial charge in [0.25, 0.3) is 0 Å². The first-order valence-corrected chi connectivity index (χ1v) is 7.19. The fourth-order valence-electron chi connectivity index (χ4n) is 2.90. The number of rotatable bonds is 7. The van der Waals surface area contributed by atoms with Crippen molar-refractivity contribution in [3.05, 3.63) is 0 Å². The van der Waals surface area contributed by atoms with Crippen molar-refractivity contribution in [3.63, 3.8) is 0 Å². The first-order chi connectivity index (χ1) is 7.77. The van der Waals surface area contributed by atoms with Gasteiger partial charge in [0, 0.05) is 12.6 Å². The monoisotopic (exact) mass is 227 g/mol. The zero-order valence-electron chi connectivity index (χ0n) is 11.0. The molecule has 0 aromatic carbocycles. The Labute approximate surface area is 101 Å². The van der Waals surface area contributed by atoms with Gasteiger partial charge in [0.1, 0.15) is 0 Å². The van der Waals surface area contributed by atoms with E-state index < -0.39 is 0 Å². The highest BCUT2D eigenvalue weighted by Crippen LogP contribution is 2.27. The molecule has 0 heterocycles. The quantitative estimate of drug-likeness (QED) is 0.700. The van der Waals surface area contributed by atoms with Gasteiger partial charge >= 0.3 is 0 Å². The van der Waals surface area contributed by atoms with Crippen LogP contribution in [0.25, 0.3) is 0 Å². The Morgan fingerprint density at radius 3 is 2.44 bits per heavy atom. The smallest absolute Gasteiger partial charge is 0.0664 e. The van der Waals surface area contributed by atoms with Crippen LogP contribution >= 0.6 is 0 Å². The Morgan fingerprint density at radius 1 is 1.19 bits per heavy atom. The van der Waals surface area contributed by atoms with Crippen LogP contribution < -0.4 is 5.32 Å². The van der Waals surface area contributed by atoms with Crippen LogP contribution in [0.15, 0.2) is 0 Å². The first-order valence-electron chi connectivity index (χ1n) is 7.19. The molecule has 2 nitrogen and oxygen atoms in total. The lowest BCUT2D eigenvalue weighted by Crippen LogP contribution is -2.40. The van der Waals surface area contributed by atoms with Crippen molar-refractivity contribution in [2.75, 3.05) is 6.54 Å². The predicted octanol–water partition coefficient (Wildman–Crippen LogP) is 3.10. The lowest BCUT2D eigenvalue weighted by atomic mass is 9.83. The minimum atomic E-state index is -0.150. The van der Waals surface area contributed by atoms with Crippen molar-refractivity contribution in [2.45, 2.75) is 77.4 Å². The maximum Gasteiger partial charge on any atom is 0.0664 e. The second-order valence-electron chi connectivity index (χ2n) is 5.26. The average molecular weight is 227 g/mol. The summed E-state index contributed by atoms with van der Waals surface area (Å²) in [5, 5.41) is 13.3. The Kier molecular flexibility index (Phi) is 7.06. The molecule has 0 radical (unpaired) electrons. The lowest BCUT2D eigenvalue weighted by Gasteiger charge is -2.31. The van der Waals surface area contributed by atoms with Crippen LogP contribution in [-0.4, -0.2) is 23.8 Å². The topological polar surface area (TPSA) is 32.3 Å². The first kappa shape index (κ1) is 14.0. The van der Waals surface area contributed by atoms with Crippen LogP contribution in [0.5, 0.6) is 0 Å². The molecule has 1 rings (SSSR count). The van der Waals surface area contributed by atoms with E-state index in [2.05, 4.69) is 19.2 Å². The van der Waals surface area contributed by atoms with Crippen molar-refractivity contribution in [1.82, 2.24) is 5.32 Å². The summed E-state index contributed by atoms with van der Waals surface area (Å²) in [7, 11) is 0. The summed E-state index contributed by atoms with van der Waals surface area (Å²) in [5.41, 5.74) is 0. The van der Waals surface area contributed by atoms with Gasteiger partial charge in [-0.15, -0.1) is 0 Å². The molecule has 1 aliphatic rings. The Hall–Kier alpha value is -0.0800. The molecule has 96 valence electrons. The highest BCUT2D eigenvalue weighted by Gasteiger charge is 2.22. The van der Waals surface area contributed by atoms with Crippen molar-refractivity contribution in [2.24, 2.45) is 5.92 Å². The van der Waals surface area contributed by atoms with Crippen LogP contribution in [-0.2, 0) is 0 Å². The van der Waals surface area contributed by atoms with E-state index in [4.69, 9.17) is 0 Å². The summed E-state index contributed by atoms with van der Waals surface area (Å²) >= 11 is 0. The maximum atomic E-state index is 9.73. The third kappa shape index (κ3) is 4.84. The van der Waals surface area contributed by atoms with Crippen molar-refractivity contribution >= 4 is 0 Å².